The first kappa shape index (κ1) is 17.8. The Balaban J connectivity index is 1.78. The van der Waals surface area contributed by atoms with Crippen molar-refractivity contribution in [3.63, 3.8) is 0 Å². The summed E-state index contributed by atoms with van der Waals surface area (Å²) in [7, 11) is 0. The Labute approximate surface area is 159 Å². The number of benzene rings is 1. The molecular formula is C15H14Cl4N4O. The molecule has 5 nitrogen and oxygen atoms in total. The van der Waals surface area contributed by atoms with Crippen LogP contribution in [0.5, 0.6) is 0 Å². The fourth-order valence-electron chi connectivity index (χ4n) is 2.15. The number of alkyl halides is 2. The summed E-state index contributed by atoms with van der Waals surface area (Å²) in [6, 6.07) is 5.18. The van der Waals surface area contributed by atoms with Crippen molar-refractivity contribution >= 4 is 58.3 Å². The molecule has 1 heterocycles. The van der Waals surface area contributed by atoms with E-state index in [1.165, 1.54) is 11.0 Å². The first-order valence-electron chi connectivity index (χ1n) is 7.08. The fourth-order valence-corrected chi connectivity index (χ4v) is 3.36. The van der Waals surface area contributed by atoms with Crippen molar-refractivity contribution in [1.29, 1.82) is 0 Å². The summed E-state index contributed by atoms with van der Waals surface area (Å²) in [6.45, 7) is 2.31. The van der Waals surface area contributed by atoms with E-state index < -0.39 is 4.33 Å². The molecule has 128 valence electrons. The first-order valence-corrected chi connectivity index (χ1v) is 8.59. The molecule has 0 amide bonds. The molecule has 1 unspecified atom stereocenters. The van der Waals surface area contributed by atoms with Crippen molar-refractivity contribution in [1.82, 2.24) is 20.2 Å². The summed E-state index contributed by atoms with van der Waals surface area (Å²) in [5.41, 5.74) is 3.92. The van der Waals surface area contributed by atoms with Crippen molar-refractivity contribution in [2.45, 2.75) is 17.7 Å². The van der Waals surface area contributed by atoms with Gasteiger partial charge in [0.25, 0.3) is 0 Å². The third kappa shape index (κ3) is 3.81. The number of rotatable bonds is 6. The van der Waals surface area contributed by atoms with Crippen molar-refractivity contribution in [3.8, 4) is 0 Å². The lowest BCUT2D eigenvalue weighted by atomic mass is 10.1. The van der Waals surface area contributed by atoms with Crippen molar-refractivity contribution in [3.05, 3.63) is 46.5 Å². The van der Waals surface area contributed by atoms with Crippen molar-refractivity contribution < 1.29 is 4.84 Å². The maximum absolute atomic E-state index is 6.28. The van der Waals surface area contributed by atoms with Gasteiger partial charge in [-0.15, -0.1) is 23.2 Å². The summed E-state index contributed by atoms with van der Waals surface area (Å²) >= 11 is 24.5. The number of hydrogen-bond acceptors (Lipinski definition) is 4. The van der Waals surface area contributed by atoms with Gasteiger partial charge in [0.15, 0.2) is 0 Å². The van der Waals surface area contributed by atoms with Crippen molar-refractivity contribution in [2.75, 3.05) is 6.61 Å². The molecule has 9 heteroatoms. The monoisotopic (exact) mass is 406 g/mol. The van der Waals surface area contributed by atoms with E-state index in [9.17, 15) is 0 Å². The van der Waals surface area contributed by atoms with Gasteiger partial charge in [-0.1, -0.05) is 30.1 Å². The summed E-state index contributed by atoms with van der Waals surface area (Å²) < 4.78 is 0.783. The summed E-state index contributed by atoms with van der Waals surface area (Å²) in [6.07, 6.45) is 5.36. The zero-order valence-corrected chi connectivity index (χ0v) is 15.7. The SMILES string of the molecule is CC1(CONC(=Cn2cncn2)c2ccc(Cl)cc2Cl)CC1(Cl)Cl. The Hall–Kier alpha value is -0.980. The molecule has 2 aromatic rings. The second-order valence-corrected chi connectivity index (χ2v) is 8.20. The molecule has 1 aromatic carbocycles. The highest BCUT2D eigenvalue weighted by Crippen LogP contribution is 2.63. The van der Waals surface area contributed by atoms with Crippen LogP contribution in [-0.2, 0) is 4.84 Å². The molecule has 1 aliphatic rings. The molecule has 0 spiro atoms. The van der Waals surface area contributed by atoms with E-state index >= 15 is 0 Å². The predicted octanol–water partition coefficient (Wildman–Crippen LogP) is 4.65. The Morgan fingerprint density at radius 2 is 2.17 bits per heavy atom. The normalized spacial score (nSPS) is 22.5. The predicted molar refractivity (Wildman–Crippen MR) is 96.9 cm³/mol. The van der Waals surface area contributed by atoms with Crippen LogP contribution in [0.4, 0.5) is 0 Å². The van der Waals surface area contributed by atoms with E-state index in [2.05, 4.69) is 15.6 Å². The van der Waals surface area contributed by atoms with Crippen LogP contribution < -0.4 is 5.48 Å². The Kier molecular flexibility index (Phi) is 5.00. The highest BCUT2D eigenvalue weighted by molar-refractivity contribution is 6.51. The van der Waals surface area contributed by atoms with Gasteiger partial charge in [-0.2, -0.15) is 5.10 Å². The third-order valence-corrected chi connectivity index (χ3v) is 5.59. The molecule has 24 heavy (non-hydrogen) atoms. The van der Waals surface area contributed by atoms with Crippen LogP contribution in [0.2, 0.25) is 10.0 Å². The lowest BCUT2D eigenvalue weighted by Gasteiger charge is -2.16. The Morgan fingerprint density at radius 3 is 2.75 bits per heavy atom. The van der Waals surface area contributed by atoms with Gasteiger partial charge in [0.05, 0.1) is 23.5 Å². The van der Waals surface area contributed by atoms with Gasteiger partial charge in [-0.25, -0.2) is 9.67 Å². The number of hydroxylamine groups is 1. The third-order valence-electron chi connectivity index (χ3n) is 3.86. The zero-order valence-electron chi connectivity index (χ0n) is 12.6. The summed E-state index contributed by atoms with van der Waals surface area (Å²) in [5.74, 6) is 0. The highest BCUT2D eigenvalue weighted by Gasteiger charge is 2.63. The number of nitrogens with zero attached hydrogens (tertiary/aromatic N) is 3. The van der Waals surface area contributed by atoms with E-state index in [1.54, 1.807) is 30.7 Å². The smallest absolute Gasteiger partial charge is 0.138 e. The van der Waals surface area contributed by atoms with Gasteiger partial charge in [-0.05, 0) is 24.6 Å². The summed E-state index contributed by atoms with van der Waals surface area (Å²) in [5, 5.41) is 5.07. The average Bonchev–Trinajstić information content (AvgIpc) is 2.86. The molecule has 0 bridgehead atoms. The minimum Gasteiger partial charge on any atom is -0.275 e. The quantitative estimate of drug-likeness (QED) is 0.559. The molecule has 0 radical (unpaired) electrons. The van der Waals surface area contributed by atoms with Gasteiger partial charge in [0.1, 0.15) is 17.0 Å². The second-order valence-electron chi connectivity index (χ2n) is 5.88. The maximum atomic E-state index is 6.28. The minimum atomic E-state index is -0.748. The van der Waals surface area contributed by atoms with Gasteiger partial charge in [0.2, 0.25) is 0 Å². The number of hydrogen-bond donors (Lipinski definition) is 1. The molecule has 1 aliphatic carbocycles. The molecule has 0 saturated heterocycles. The van der Waals surface area contributed by atoms with Crippen LogP contribution in [0.25, 0.3) is 11.9 Å². The topological polar surface area (TPSA) is 52.0 Å². The van der Waals surface area contributed by atoms with E-state index in [0.717, 1.165) is 0 Å². The number of nitrogens with one attached hydrogen (secondary N) is 1. The Morgan fingerprint density at radius 1 is 1.42 bits per heavy atom. The van der Waals surface area contributed by atoms with E-state index in [4.69, 9.17) is 51.2 Å². The first-order chi connectivity index (χ1) is 11.3. The van der Waals surface area contributed by atoms with Crippen LogP contribution in [0.15, 0.2) is 30.9 Å². The molecule has 3 rings (SSSR count). The van der Waals surface area contributed by atoms with Gasteiger partial charge in [0, 0.05) is 16.0 Å². The Bertz CT molecular complexity index is 763. The van der Waals surface area contributed by atoms with Crippen LogP contribution in [0.3, 0.4) is 0 Å². The number of halogens is 4. The van der Waals surface area contributed by atoms with Gasteiger partial charge >= 0.3 is 0 Å². The van der Waals surface area contributed by atoms with Crippen LogP contribution in [0.1, 0.15) is 18.9 Å². The molecule has 0 aliphatic heterocycles. The zero-order chi connectivity index (χ0) is 17.4. The largest absolute Gasteiger partial charge is 0.275 e. The minimum absolute atomic E-state index is 0.286. The molecule has 1 fully saturated rings. The van der Waals surface area contributed by atoms with Crippen molar-refractivity contribution in [2.24, 2.45) is 5.41 Å². The highest BCUT2D eigenvalue weighted by atomic mass is 35.5. The number of aromatic nitrogens is 3. The molecular weight excluding hydrogens is 394 g/mol. The van der Waals surface area contributed by atoms with Gasteiger partial charge < -0.3 is 0 Å². The second kappa shape index (κ2) is 6.73. The van der Waals surface area contributed by atoms with Crippen LogP contribution in [0, 0.1) is 5.41 Å². The van der Waals surface area contributed by atoms with E-state index in [1.807, 2.05) is 6.92 Å². The van der Waals surface area contributed by atoms with E-state index in [0.29, 0.717) is 34.3 Å². The molecule has 1 aromatic heterocycles. The van der Waals surface area contributed by atoms with Crippen LogP contribution in [-0.4, -0.2) is 25.7 Å². The lowest BCUT2D eigenvalue weighted by Crippen LogP contribution is -2.21. The van der Waals surface area contributed by atoms with E-state index in [-0.39, 0.29) is 5.41 Å². The molecule has 1 atom stereocenters. The molecule has 1 saturated carbocycles. The van der Waals surface area contributed by atoms with Gasteiger partial charge in [-0.3, -0.25) is 10.3 Å². The molecule has 1 N–H and O–H groups in total. The maximum Gasteiger partial charge on any atom is 0.138 e. The lowest BCUT2D eigenvalue weighted by molar-refractivity contribution is 0.0463. The summed E-state index contributed by atoms with van der Waals surface area (Å²) in [4.78, 5) is 9.51. The van der Waals surface area contributed by atoms with Crippen LogP contribution >= 0.6 is 46.4 Å². The average molecular weight is 408 g/mol. The standard InChI is InChI=1S/C15H14Cl4N4O/c1-14(6-15(14,18)19)7-24-22-13(5-23-9-20-8-21-23)11-3-2-10(16)4-12(11)17/h2-5,8-9,22H,6-7H2,1H3. The fraction of sp³-hybridized carbons (Fsp3) is 0.333.